The molecule has 2 saturated heterocycles. The number of hydrogen-bond donors (Lipinski definition) is 1. The number of rotatable bonds is 4. The molecule has 0 radical (unpaired) electrons. The van der Waals surface area contributed by atoms with Gasteiger partial charge >= 0.3 is 0 Å². The second-order valence-corrected chi connectivity index (χ2v) is 7.54. The monoisotopic (exact) mass is 337 g/mol. The predicted molar refractivity (Wildman–Crippen MR) is 91.6 cm³/mol. The van der Waals surface area contributed by atoms with Crippen molar-refractivity contribution in [2.45, 2.75) is 57.6 Å². The summed E-state index contributed by atoms with van der Waals surface area (Å²) in [5, 5.41) is 3.21. The molecule has 2 heterocycles. The van der Waals surface area contributed by atoms with Gasteiger partial charge in [-0.15, -0.1) is 0 Å². The Labute approximate surface area is 144 Å². The molecule has 3 fully saturated rings. The largest absolute Gasteiger partial charge is 0.368 e. The highest BCUT2D eigenvalue weighted by Crippen LogP contribution is 2.23. The third-order valence-electron chi connectivity index (χ3n) is 5.71. The molecule has 1 N–H and O–H groups in total. The van der Waals surface area contributed by atoms with Crippen molar-refractivity contribution in [3.05, 3.63) is 0 Å². The van der Waals surface area contributed by atoms with Crippen molar-refractivity contribution in [3.8, 4) is 0 Å². The Hall–Kier alpha value is -1.14. The highest BCUT2D eigenvalue weighted by Gasteiger charge is 2.31. The third-order valence-corrected chi connectivity index (χ3v) is 5.71. The van der Waals surface area contributed by atoms with Gasteiger partial charge in [-0.05, 0) is 31.6 Å². The van der Waals surface area contributed by atoms with E-state index in [-0.39, 0.29) is 17.9 Å². The minimum absolute atomic E-state index is 0.132. The van der Waals surface area contributed by atoms with E-state index in [4.69, 9.17) is 4.74 Å². The zero-order valence-corrected chi connectivity index (χ0v) is 14.8. The number of nitrogens with one attached hydrogen (secondary N) is 1. The summed E-state index contributed by atoms with van der Waals surface area (Å²) in [6.07, 6.45) is 6.43. The summed E-state index contributed by atoms with van der Waals surface area (Å²) in [5.41, 5.74) is 0. The molecule has 0 aromatic carbocycles. The van der Waals surface area contributed by atoms with Crippen LogP contribution in [0.2, 0.25) is 0 Å². The van der Waals surface area contributed by atoms with Crippen molar-refractivity contribution in [1.82, 2.24) is 15.1 Å². The number of ether oxygens (including phenoxy) is 1. The van der Waals surface area contributed by atoms with E-state index in [0.717, 1.165) is 32.4 Å². The maximum Gasteiger partial charge on any atom is 0.251 e. The van der Waals surface area contributed by atoms with Crippen LogP contribution in [0.5, 0.6) is 0 Å². The van der Waals surface area contributed by atoms with Crippen LogP contribution in [0.1, 0.15) is 45.4 Å². The summed E-state index contributed by atoms with van der Waals surface area (Å²) in [7, 11) is 0. The second kappa shape index (κ2) is 8.30. The van der Waals surface area contributed by atoms with Gasteiger partial charge in [0.15, 0.2) is 0 Å². The zero-order chi connectivity index (χ0) is 16.9. The molecular weight excluding hydrogens is 306 g/mol. The molecular formula is C18H31N3O3. The van der Waals surface area contributed by atoms with Crippen LogP contribution < -0.4 is 5.32 Å². The lowest BCUT2D eigenvalue weighted by atomic mass is 9.86. The Kier molecular flexibility index (Phi) is 6.11. The van der Waals surface area contributed by atoms with Crippen LogP contribution in [0.4, 0.5) is 0 Å². The van der Waals surface area contributed by atoms with Crippen LogP contribution in [0.3, 0.4) is 0 Å². The molecule has 24 heavy (non-hydrogen) atoms. The first-order valence-corrected chi connectivity index (χ1v) is 9.55. The summed E-state index contributed by atoms with van der Waals surface area (Å²) >= 11 is 0. The zero-order valence-electron chi connectivity index (χ0n) is 14.8. The van der Waals surface area contributed by atoms with Gasteiger partial charge in [0.2, 0.25) is 5.91 Å². The minimum atomic E-state index is -0.229. The Morgan fingerprint density at radius 3 is 2.46 bits per heavy atom. The number of piperazine rings is 1. The Morgan fingerprint density at radius 1 is 1.04 bits per heavy atom. The number of carbonyl (C=O) groups is 2. The molecule has 2 amide bonds. The van der Waals surface area contributed by atoms with E-state index >= 15 is 0 Å². The lowest BCUT2D eigenvalue weighted by Gasteiger charge is -2.36. The van der Waals surface area contributed by atoms with Gasteiger partial charge in [-0.3, -0.25) is 14.5 Å². The average molecular weight is 337 g/mol. The number of carbonyl (C=O) groups excluding carboxylic acids is 2. The van der Waals surface area contributed by atoms with Crippen LogP contribution in [-0.2, 0) is 14.3 Å². The van der Waals surface area contributed by atoms with Gasteiger partial charge < -0.3 is 15.0 Å². The van der Waals surface area contributed by atoms with Gasteiger partial charge in [0.25, 0.3) is 5.91 Å². The molecule has 0 unspecified atom stereocenters. The lowest BCUT2D eigenvalue weighted by Crippen LogP contribution is -2.54. The van der Waals surface area contributed by atoms with Crippen molar-refractivity contribution in [2.75, 3.05) is 39.3 Å². The molecule has 0 spiro atoms. The first kappa shape index (κ1) is 17.7. The Bertz CT molecular complexity index is 443. The van der Waals surface area contributed by atoms with E-state index in [2.05, 4.69) is 17.1 Å². The van der Waals surface area contributed by atoms with E-state index in [1.54, 1.807) is 0 Å². The van der Waals surface area contributed by atoms with Crippen LogP contribution in [-0.4, -0.2) is 73.1 Å². The number of nitrogens with zero attached hydrogens (tertiary/aromatic N) is 2. The first-order valence-electron chi connectivity index (χ1n) is 9.55. The average Bonchev–Trinajstić information content (AvgIpc) is 3.11. The van der Waals surface area contributed by atoms with Gasteiger partial charge in [-0.25, -0.2) is 0 Å². The van der Waals surface area contributed by atoms with E-state index in [1.807, 2.05) is 4.90 Å². The van der Waals surface area contributed by atoms with Gasteiger partial charge in [0.1, 0.15) is 6.10 Å². The standard InChI is InChI=1S/C18H31N3O3/c1-14-5-2-3-6-15(14)19-17(22)13-20-8-10-21(11-9-20)18(23)16-7-4-12-24-16/h14-16H,2-13H2,1H3,(H,19,22)/t14-,15-,16-/m1/s1. The van der Waals surface area contributed by atoms with Gasteiger partial charge in [-0.1, -0.05) is 19.8 Å². The highest BCUT2D eigenvalue weighted by molar-refractivity contribution is 5.81. The van der Waals surface area contributed by atoms with Gasteiger partial charge in [-0.2, -0.15) is 0 Å². The fourth-order valence-electron chi connectivity index (χ4n) is 4.09. The minimum Gasteiger partial charge on any atom is -0.368 e. The van der Waals surface area contributed by atoms with Crippen molar-refractivity contribution in [2.24, 2.45) is 5.92 Å². The normalized spacial score (nSPS) is 31.9. The van der Waals surface area contributed by atoms with E-state index in [9.17, 15) is 9.59 Å². The fraction of sp³-hybridized carbons (Fsp3) is 0.889. The SMILES string of the molecule is C[C@@H]1CCCC[C@H]1NC(=O)CN1CCN(C(=O)[C@H]2CCCO2)CC1. The molecule has 1 saturated carbocycles. The lowest BCUT2D eigenvalue weighted by molar-refractivity contribution is -0.142. The van der Waals surface area contributed by atoms with Crippen molar-refractivity contribution < 1.29 is 14.3 Å². The summed E-state index contributed by atoms with van der Waals surface area (Å²) in [6.45, 7) is 6.33. The second-order valence-electron chi connectivity index (χ2n) is 7.54. The van der Waals surface area contributed by atoms with Gasteiger partial charge in [0.05, 0.1) is 6.54 Å². The summed E-state index contributed by atoms with van der Waals surface area (Å²) < 4.78 is 5.49. The van der Waals surface area contributed by atoms with Gasteiger partial charge in [0, 0.05) is 38.8 Å². The summed E-state index contributed by atoms with van der Waals surface area (Å²) in [4.78, 5) is 28.7. The molecule has 6 heteroatoms. The third kappa shape index (κ3) is 4.48. The Balaban J connectivity index is 1.38. The molecule has 0 bridgehead atoms. The van der Waals surface area contributed by atoms with E-state index in [1.165, 1.54) is 19.3 Å². The molecule has 136 valence electrons. The van der Waals surface area contributed by atoms with Crippen LogP contribution in [0.15, 0.2) is 0 Å². The van der Waals surface area contributed by atoms with E-state index in [0.29, 0.717) is 38.2 Å². The van der Waals surface area contributed by atoms with E-state index < -0.39 is 0 Å². The molecule has 3 aliphatic rings. The molecule has 3 rings (SSSR count). The van der Waals surface area contributed by atoms with Crippen molar-refractivity contribution >= 4 is 11.8 Å². The van der Waals surface area contributed by atoms with Crippen molar-refractivity contribution in [3.63, 3.8) is 0 Å². The number of hydrogen-bond acceptors (Lipinski definition) is 4. The maximum absolute atomic E-state index is 12.3. The van der Waals surface area contributed by atoms with Crippen LogP contribution in [0.25, 0.3) is 0 Å². The first-order chi connectivity index (χ1) is 11.6. The molecule has 0 aromatic heterocycles. The molecule has 0 aromatic rings. The molecule has 1 aliphatic carbocycles. The van der Waals surface area contributed by atoms with Crippen LogP contribution >= 0.6 is 0 Å². The molecule has 6 nitrogen and oxygen atoms in total. The highest BCUT2D eigenvalue weighted by atomic mass is 16.5. The summed E-state index contributed by atoms with van der Waals surface area (Å²) in [5.74, 6) is 0.851. The fourth-order valence-corrected chi connectivity index (χ4v) is 4.09. The maximum atomic E-state index is 12.3. The van der Waals surface area contributed by atoms with Crippen LogP contribution in [0, 0.1) is 5.92 Å². The molecule has 2 aliphatic heterocycles. The predicted octanol–water partition coefficient (Wildman–Crippen LogP) is 1.00. The quantitative estimate of drug-likeness (QED) is 0.831. The van der Waals surface area contributed by atoms with Crippen molar-refractivity contribution in [1.29, 1.82) is 0 Å². The Morgan fingerprint density at radius 2 is 1.79 bits per heavy atom. The topological polar surface area (TPSA) is 61.9 Å². The molecule has 3 atom stereocenters. The summed E-state index contributed by atoms with van der Waals surface area (Å²) in [6, 6.07) is 0.341. The number of amides is 2. The smallest absolute Gasteiger partial charge is 0.251 e.